The third kappa shape index (κ3) is 3.76. The van der Waals surface area contributed by atoms with Crippen LogP contribution in [-0.4, -0.2) is 49.4 Å². The third-order valence-corrected chi connectivity index (χ3v) is 5.95. The fraction of sp³-hybridized carbons (Fsp3) is 0.444. The van der Waals surface area contributed by atoms with Gasteiger partial charge >= 0.3 is 10.2 Å². The summed E-state index contributed by atoms with van der Waals surface area (Å²) in [4.78, 5) is 14.7. The van der Waals surface area contributed by atoms with Gasteiger partial charge in [0.1, 0.15) is 5.70 Å². The average molecular weight is 361 g/mol. The monoisotopic (exact) mass is 361 g/mol. The molecule has 2 aliphatic heterocycles. The van der Waals surface area contributed by atoms with E-state index in [-0.39, 0.29) is 11.6 Å². The van der Waals surface area contributed by atoms with Crippen molar-refractivity contribution in [2.24, 2.45) is 4.40 Å². The second-order valence-electron chi connectivity index (χ2n) is 6.52. The van der Waals surface area contributed by atoms with Crippen molar-refractivity contribution in [2.45, 2.75) is 32.6 Å². The Balaban J connectivity index is 1.97. The molecule has 1 fully saturated rings. The Morgan fingerprint density at radius 2 is 1.64 bits per heavy atom. The number of hydrogen-bond acceptors (Lipinski definition) is 3. The first-order valence-corrected chi connectivity index (χ1v) is 9.95. The number of hydrogen-bond donors (Lipinski definition) is 0. The maximum absolute atomic E-state index is 12.9. The van der Waals surface area contributed by atoms with Crippen LogP contribution in [0.25, 0.3) is 0 Å². The van der Waals surface area contributed by atoms with Crippen LogP contribution in [0, 0.1) is 6.92 Å². The molecule has 1 aromatic carbocycles. The number of allylic oxidation sites excluding steroid dienone is 1. The molecule has 0 aliphatic carbocycles. The Morgan fingerprint density at radius 1 is 1.04 bits per heavy atom. The van der Waals surface area contributed by atoms with Crippen molar-refractivity contribution in [1.29, 1.82) is 0 Å². The van der Waals surface area contributed by atoms with Gasteiger partial charge in [-0.05, 0) is 25.8 Å². The van der Waals surface area contributed by atoms with Gasteiger partial charge in [-0.2, -0.15) is 8.42 Å². The van der Waals surface area contributed by atoms with Crippen molar-refractivity contribution in [3.63, 3.8) is 0 Å². The van der Waals surface area contributed by atoms with Crippen LogP contribution in [0.2, 0.25) is 0 Å². The maximum Gasteiger partial charge on any atom is 0.345 e. The van der Waals surface area contributed by atoms with Crippen molar-refractivity contribution in [2.75, 3.05) is 20.1 Å². The minimum absolute atomic E-state index is 0.160. The van der Waals surface area contributed by atoms with E-state index in [2.05, 4.69) is 4.40 Å². The second-order valence-corrected chi connectivity index (χ2v) is 8.15. The van der Waals surface area contributed by atoms with Crippen molar-refractivity contribution in [3.8, 4) is 0 Å². The molecule has 2 heterocycles. The van der Waals surface area contributed by atoms with Crippen molar-refractivity contribution in [3.05, 3.63) is 47.2 Å². The van der Waals surface area contributed by atoms with Crippen LogP contribution in [0.1, 0.15) is 36.8 Å². The molecule has 134 valence electrons. The standard InChI is InChI=1S/C18H23N3O3S/c1-14-7-9-15(10-8-14)16-13-17(20(2)25(23,24)19-16)18(22)21-11-5-3-4-6-12-21/h7-10,13H,3-6,11-12H2,1-2H3. The quantitative estimate of drug-likeness (QED) is 0.811. The van der Waals surface area contributed by atoms with Gasteiger partial charge in [-0.1, -0.05) is 42.7 Å². The highest BCUT2D eigenvalue weighted by atomic mass is 32.2. The molecule has 6 nitrogen and oxygen atoms in total. The lowest BCUT2D eigenvalue weighted by Gasteiger charge is -2.28. The normalized spacial score (nSPS) is 20.6. The van der Waals surface area contributed by atoms with Gasteiger partial charge in [0.25, 0.3) is 5.91 Å². The van der Waals surface area contributed by atoms with Gasteiger partial charge in [-0.3, -0.25) is 4.79 Å². The Labute approximate surface area is 149 Å². The fourth-order valence-electron chi connectivity index (χ4n) is 3.05. The zero-order valence-electron chi connectivity index (χ0n) is 14.6. The van der Waals surface area contributed by atoms with E-state index in [1.165, 1.54) is 7.05 Å². The lowest BCUT2D eigenvalue weighted by atomic mass is 10.1. The molecular weight excluding hydrogens is 338 g/mol. The molecule has 0 N–H and O–H groups in total. The summed E-state index contributed by atoms with van der Waals surface area (Å²) >= 11 is 0. The number of aryl methyl sites for hydroxylation is 1. The summed E-state index contributed by atoms with van der Waals surface area (Å²) in [5.41, 5.74) is 2.22. The SMILES string of the molecule is Cc1ccc(C2=NS(=O)(=O)N(C)C(C(=O)N3CCCCCC3)=C2)cc1. The van der Waals surface area contributed by atoms with E-state index in [4.69, 9.17) is 0 Å². The van der Waals surface area contributed by atoms with Gasteiger partial charge in [0.05, 0.1) is 5.71 Å². The number of benzene rings is 1. The molecule has 2 aliphatic rings. The van der Waals surface area contributed by atoms with E-state index >= 15 is 0 Å². The number of amides is 1. The largest absolute Gasteiger partial charge is 0.345 e. The van der Waals surface area contributed by atoms with E-state index in [9.17, 15) is 13.2 Å². The molecule has 3 rings (SSSR count). The number of carbonyl (C=O) groups excluding carboxylic acids is 1. The smallest absolute Gasteiger partial charge is 0.337 e. The van der Waals surface area contributed by atoms with E-state index in [1.807, 2.05) is 31.2 Å². The van der Waals surface area contributed by atoms with Crippen LogP contribution < -0.4 is 0 Å². The van der Waals surface area contributed by atoms with Crippen molar-refractivity contribution < 1.29 is 13.2 Å². The Morgan fingerprint density at radius 3 is 2.24 bits per heavy atom. The maximum atomic E-state index is 12.9. The second kappa shape index (κ2) is 7.00. The van der Waals surface area contributed by atoms with E-state index in [1.54, 1.807) is 11.0 Å². The molecule has 0 aromatic heterocycles. The van der Waals surface area contributed by atoms with Crippen LogP contribution in [-0.2, 0) is 15.0 Å². The summed E-state index contributed by atoms with van der Waals surface area (Å²) in [5, 5.41) is 0. The lowest BCUT2D eigenvalue weighted by molar-refractivity contribution is -0.128. The molecule has 0 atom stereocenters. The highest BCUT2D eigenvalue weighted by molar-refractivity contribution is 7.88. The topological polar surface area (TPSA) is 70.0 Å². The van der Waals surface area contributed by atoms with Crippen LogP contribution >= 0.6 is 0 Å². The van der Waals surface area contributed by atoms with Gasteiger partial charge < -0.3 is 4.90 Å². The first-order chi connectivity index (χ1) is 11.9. The molecule has 0 unspecified atom stereocenters. The highest BCUT2D eigenvalue weighted by Gasteiger charge is 2.32. The summed E-state index contributed by atoms with van der Waals surface area (Å²) in [6, 6.07) is 7.43. The van der Waals surface area contributed by atoms with Gasteiger partial charge in [0, 0.05) is 25.7 Å². The minimum atomic E-state index is -3.91. The Hall–Kier alpha value is -2.15. The predicted octanol–water partition coefficient (Wildman–Crippen LogP) is 2.26. The number of nitrogens with zero attached hydrogens (tertiary/aromatic N) is 3. The van der Waals surface area contributed by atoms with E-state index in [0.29, 0.717) is 24.4 Å². The highest BCUT2D eigenvalue weighted by Crippen LogP contribution is 2.22. The summed E-state index contributed by atoms with van der Waals surface area (Å²) in [6.07, 6.45) is 5.70. The van der Waals surface area contributed by atoms with Crippen LogP contribution in [0.5, 0.6) is 0 Å². The number of likely N-dealkylation sites (N-methyl/N-ethyl adjacent to an activating group) is 1. The van der Waals surface area contributed by atoms with E-state index < -0.39 is 10.2 Å². The summed E-state index contributed by atoms with van der Waals surface area (Å²) in [5.74, 6) is -0.243. The third-order valence-electron chi connectivity index (χ3n) is 4.63. The summed E-state index contributed by atoms with van der Waals surface area (Å²) in [7, 11) is -2.52. The average Bonchev–Trinajstić information content (AvgIpc) is 2.86. The molecule has 1 saturated heterocycles. The number of rotatable bonds is 2. The molecule has 0 spiro atoms. The summed E-state index contributed by atoms with van der Waals surface area (Å²) < 4.78 is 29.7. The molecule has 7 heteroatoms. The molecular formula is C18H23N3O3S. The summed E-state index contributed by atoms with van der Waals surface area (Å²) in [6.45, 7) is 3.29. The van der Waals surface area contributed by atoms with Crippen LogP contribution in [0.3, 0.4) is 0 Å². The zero-order valence-corrected chi connectivity index (χ0v) is 15.4. The molecule has 25 heavy (non-hydrogen) atoms. The minimum Gasteiger partial charge on any atom is -0.337 e. The fourth-order valence-corrected chi connectivity index (χ4v) is 3.96. The molecule has 1 aromatic rings. The van der Waals surface area contributed by atoms with Crippen LogP contribution in [0.15, 0.2) is 40.4 Å². The van der Waals surface area contributed by atoms with Gasteiger partial charge in [0.15, 0.2) is 0 Å². The molecule has 0 bridgehead atoms. The molecule has 1 amide bonds. The number of likely N-dealkylation sites (tertiary alicyclic amines) is 1. The van der Waals surface area contributed by atoms with E-state index in [0.717, 1.165) is 35.6 Å². The van der Waals surface area contributed by atoms with Gasteiger partial charge in [0.2, 0.25) is 0 Å². The molecule has 0 saturated carbocycles. The van der Waals surface area contributed by atoms with Crippen LogP contribution in [0.4, 0.5) is 0 Å². The molecule has 0 radical (unpaired) electrons. The zero-order chi connectivity index (χ0) is 18.0. The predicted molar refractivity (Wildman–Crippen MR) is 97.5 cm³/mol. The first kappa shape index (κ1) is 17.7. The number of carbonyl (C=O) groups is 1. The van der Waals surface area contributed by atoms with Crippen molar-refractivity contribution >= 4 is 21.8 Å². The van der Waals surface area contributed by atoms with Crippen molar-refractivity contribution in [1.82, 2.24) is 9.21 Å². The Bertz CT molecular complexity index is 818. The van der Waals surface area contributed by atoms with Gasteiger partial charge in [-0.15, -0.1) is 4.40 Å². The van der Waals surface area contributed by atoms with Gasteiger partial charge in [-0.25, -0.2) is 4.31 Å². The lowest BCUT2D eigenvalue weighted by Crippen LogP contribution is -2.41. The Kier molecular flexibility index (Phi) is 4.94. The first-order valence-electron chi connectivity index (χ1n) is 8.55.